The van der Waals surface area contributed by atoms with Crippen molar-refractivity contribution in [1.82, 2.24) is 4.90 Å². The van der Waals surface area contributed by atoms with Crippen LogP contribution in [0.25, 0.3) is 0 Å². The van der Waals surface area contributed by atoms with Crippen molar-refractivity contribution in [3.8, 4) is 11.5 Å². The Morgan fingerprint density at radius 2 is 2.20 bits per heavy atom. The van der Waals surface area contributed by atoms with Crippen molar-refractivity contribution >= 4 is 0 Å². The van der Waals surface area contributed by atoms with Crippen molar-refractivity contribution in [2.24, 2.45) is 5.92 Å². The van der Waals surface area contributed by atoms with Gasteiger partial charge in [0.2, 0.25) is 6.79 Å². The largest absolute Gasteiger partial charge is 0.454 e. The zero-order valence-electron chi connectivity index (χ0n) is 12.2. The van der Waals surface area contributed by atoms with E-state index in [0.29, 0.717) is 6.79 Å². The van der Waals surface area contributed by atoms with Gasteiger partial charge in [0.25, 0.3) is 0 Å². The molecule has 2 heterocycles. The van der Waals surface area contributed by atoms with E-state index in [1.54, 1.807) is 0 Å². The molecule has 1 aromatic carbocycles. The number of ether oxygens (including phenoxy) is 2. The summed E-state index contributed by atoms with van der Waals surface area (Å²) < 4.78 is 11.2. The van der Waals surface area contributed by atoms with Crippen LogP contribution in [0.15, 0.2) is 12.1 Å². The van der Waals surface area contributed by atoms with Gasteiger partial charge in [-0.2, -0.15) is 0 Å². The lowest BCUT2D eigenvalue weighted by molar-refractivity contribution is 0.0847. The average molecular weight is 273 g/mol. The maximum atomic E-state index is 5.72. The summed E-state index contributed by atoms with van der Waals surface area (Å²) in [6.07, 6.45) is 6.35. The van der Waals surface area contributed by atoms with Crippen LogP contribution in [0, 0.1) is 5.92 Å². The third-order valence-corrected chi connectivity index (χ3v) is 5.18. The van der Waals surface area contributed by atoms with E-state index in [0.717, 1.165) is 23.5 Å². The Bertz CT molecular complexity index is 512. The second kappa shape index (κ2) is 4.96. The molecule has 0 aromatic heterocycles. The SMILES string of the molecule is CCCN1CCC[C@@H]2Cc3c(ccc4c3OCO4)C[C@H]21. The van der Waals surface area contributed by atoms with Crippen LogP contribution in [0.4, 0.5) is 0 Å². The van der Waals surface area contributed by atoms with Gasteiger partial charge in [0.1, 0.15) is 0 Å². The van der Waals surface area contributed by atoms with E-state index in [-0.39, 0.29) is 0 Å². The molecule has 0 saturated carbocycles. The van der Waals surface area contributed by atoms with Crippen molar-refractivity contribution in [1.29, 1.82) is 0 Å². The second-order valence-electron chi connectivity index (χ2n) is 6.35. The molecule has 1 saturated heterocycles. The lowest BCUT2D eigenvalue weighted by Gasteiger charge is -2.44. The first-order chi connectivity index (χ1) is 9.86. The molecule has 0 amide bonds. The zero-order chi connectivity index (χ0) is 13.5. The summed E-state index contributed by atoms with van der Waals surface area (Å²) in [5, 5.41) is 0. The van der Waals surface area contributed by atoms with Crippen LogP contribution in [0.3, 0.4) is 0 Å². The van der Waals surface area contributed by atoms with Crippen LogP contribution in [0.1, 0.15) is 37.3 Å². The summed E-state index contributed by atoms with van der Waals surface area (Å²) in [6, 6.07) is 5.10. The maximum Gasteiger partial charge on any atom is 0.231 e. The summed E-state index contributed by atoms with van der Waals surface area (Å²) in [5.41, 5.74) is 2.91. The van der Waals surface area contributed by atoms with Crippen LogP contribution in [0.5, 0.6) is 11.5 Å². The normalized spacial score (nSPS) is 28.1. The fourth-order valence-electron chi connectivity index (χ4n) is 4.29. The van der Waals surface area contributed by atoms with E-state index >= 15 is 0 Å². The maximum absolute atomic E-state index is 5.72. The zero-order valence-corrected chi connectivity index (χ0v) is 12.2. The number of rotatable bonds is 2. The number of likely N-dealkylation sites (tertiary alicyclic amines) is 1. The minimum Gasteiger partial charge on any atom is -0.454 e. The molecular weight excluding hydrogens is 250 g/mol. The van der Waals surface area contributed by atoms with Gasteiger partial charge >= 0.3 is 0 Å². The molecule has 3 heteroatoms. The number of fused-ring (bicyclic) bond motifs is 4. The molecule has 1 aromatic rings. The van der Waals surface area contributed by atoms with Gasteiger partial charge in [0.15, 0.2) is 11.5 Å². The van der Waals surface area contributed by atoms with Gasteiger partial charge in [-0.05, 0) is 62.7 Å². The summed E-state index contributed by atoms with van der Waals surface area (Å²) in [7, 11) is 0. The first-order valence-electron chi connectivity index (χ1n) is 8.01. The summed E-state index contributed by atoms with van der Waals surface area (Å²) >= 11 is 0. The molecular formula is C17H23NO2. The highest BCUT2D eigenvalue weighted by Gasteiger charge is 2.37. The quantitative estimate of drug-likeness (QED) is 0.827. The molecule has 2 aliphatic heterocycles. The van der Waals surface area contributed by atoms with E-state index < -0.39 is 0 Å². The molecule has 0 N–H and O–H groups in total. The Kier molecular flexibility index (Phi) is 3.10. The first-order valence-corrected chi connectivity index (χ1v) is 8.01. The highest BCUT2D eigenvalue weighted by molar-refractivity contribution is 5.53. The molecule has 0 spiro atoms. The highest BCUT2D eigenvalue weighted by Crippen LogP contribution is 2.44. The number of hydrogen-bond donors (Lipinski definition) is 0. The molecule has 0 bridgehead atoms. The Morgan fingerprint density at radius 3 is 3.10 bits per heavy atom. The van der Waals surface area contributed by atoms with Crippen LogP contribution >= 0.6 is 0 Å². The first kappa shape index (κ1) is 12.5. The average Bonchev–Trinajstić information content (AvgIpc) is 2.95. The molecule has 4 rings (SSSR count). The molecule has 0 unspecified atom stereocenters. The predicted molar refractivity (Wildman–Crippen MR) is 78.3 cm³/mol. The highest BCUT2D eigenvalue weighted by atomic mass is 16.7. The summed E-state index contributed by atoms with van der Waals surface area (Å²) in [5.74, 6) is 2.79. The molecule has 108 valence electrons. The summed E-state index contributed by atoms with van der Waals surface area (Å²) in [6.45, 7) is 5.22. The minimum absolute atomic E-state index is 0.391. The van der Waals surface area contributed by atoms with Crippen molar-refractivity contribution in [3.63, 3.8) is 0 Å². The van der Waals surface area contributed by atoms with Gasteiger partial charge in [0, 0.05) is 11.6 Å². The fourth-order valence-corrected chi connectivity index (χ4v) is 4.29. The van der Waals surface area contributed by atoms with E-state index in [1.807, 2.05) is 0 Å². The Hall–Kier alpha value is -1.22. The Morgan fingerprint density at radius 1 is 1.25 bits per heavy atom. The van der Waals surface area contributed by atoms with Gasteiger partial charge in [-0.25, -0.2) is 0 Å². The van der Waals surface area contributed by atoms with E-state index in [1.165, 1.54) is 56.3 Å². The van der Waals surface area contributed by atoms with E-state index in [2.05, 4.69) is 24.0 Å². The third-order valence-electron chi connectivity index (χ3n) is 5.18. The Balaban J connectivity index is 1.66. The van der Waals surface area contributed by atoms with Gasteiger partial charge < -0.3 is 9.47 Å². The molecule has 2 atom stereocenters. The molecule has 3 aliphatic rings. The number of piperidine rings is 1. The van der Waals surface area contributed by atoms with Crippen LogP contribution in [-0.2, 0) is 12.8 Å². The monoisotopic (exact) mass is 273 g/mol. The van der Waals surface area contributed by atoms with E-state index in [9.17, 15) is 0 Å². The molecule has 20 heavy (non-hydrogen) atoms. The van der Waals surface area contributed by atoms with Crippen molar-refractivity contribution < 1.29 is 9.47 Å². The lowest BCUT2D eigenvalue weighted by atomic mass is 9.75. The van der Waals surface area contributed by atoms with Gasteiger partial charge in [0.05, 0.1) is 0 Å². The third kappa shape index (κ3) is 1.91. The number of nitrogens with zero attached hydrogens (tertiary/aromatic N) is 1. The lowest BCUT2D eigenvalue weighted by Crippen LogP contribution is -2.49. The predicted octanol–water partition coefficient (Wildman–Crippen LogP) is 3.00. The molecule has 1 fully saturated rings. The van der Waals surface area contributed by atoms with Gasteiger partial charge in [-0.15, -0.1) is 0 Å². The summed E-state index contributed by atoms with van der Waals surface area (Å²) in [4.78, 5) is 2.72. The topological polar surface area (TPSA) is 21.7 Å². The van der Waals surface area contributed by atoms with Crippen LogP contribution in [-0.4, -0.2) is 30.8 Å². The van der Waals surface area contributed by atoms with Crippen LogP contribution in [0.2, 0.25) is 0 Å². The molecule has 3 nitrogen and oxygen atoms in total. The standard InChI is InChI=1S/C17H23NO2/c1-2-7-18-8-3-4-13-9-14-12(10-15(13)18)5-6-16-17(14)20-11-19-16/h5-6,13,15H,2-4,7-11H2,1H3/t13-,15-/m1/s1. The van der Waals surface area contributed by atoms with E-state index in [4.69, 9.17) is 9.47 Å². The molecule has 0 radical (unpaired) electrons. The minimum atomic E-state index is 0.391. The molecule has 1 aliphatic carbocycles. The van der Waals surface area contributed by atoms with Crippen molar-refractivity contribution in [2.45, 2.75) is 45.1 Å². The number of benzene rings is 1. The van der Waals surface area contributed by atoms with Crippen molar-refractivity contribution in [3.05, 3.63) is 23.3 Å². The smallest absolute Gasteiger partial charge is 0.231 e. The van der Waals surface area contributed by atoms with Crippen LogP contribution < -0.4 is 9.47 Å². The van der Waals surface area contributed by atoms with Gasteiger partial charge in [-0.3, -0.25) is 4.90 Å². The van der Waals surface area contributed by atoms with Gasteiger partial charge in [-0.1, -0.05) is 13.0 Å². The van der Waals surface area contributed by atoms with Crippen molar-refractivity contribution in [2.75, 3.05) is 19.9 Å². The second-order valence-corrected chi connectivity index (χ2v) is 6.35. The fraction of sp³-hybridized carbons (Fsp3) is 0.647. The Labute approximate surface area is 120 Å². The number of hydrogen-bond acceptors (Lipinski definition) is 3.